The maximum Gasteiger partial charge on any atom is 0.172 e. The van der Waals surface area contributed by atoms with E-state index in [2.05, 4.69) is 44.3 Å². The second kappa shape index (κ2) is 7.41. The van der Waals surface area contributed by atoms with Crippen molar-refractivity contribution in [3.8, 4) is 28.4 Å². The zero-order chi connectivity index (χ0) is 23.5. The number of carbonyl (C=O) groups is 1. The van der Waals surface area contributed by atoms with Crippen LogP contribution in [-0.4, -0.2) is 23.5 Å². The van der Waals surface area contributed by atoms with Crippen molar-refractivity contribution in [1.29, 1.82) is 0 Å². The lowest BCUT2D eigenvalue weighted by atomic mass is 9.80. The number of phenolic OH excluding ortho intramolecular Hbond substituents is 1. The molecule has 2 aliphatic rings. The Balaban J connectivity index is 1.83. The van der Waals surface area contributed by atoms with Gasteiger partial charge in [-0.25, -0.2) is 0 Å². The normalized spacial score (nSPS) is 17.5. The van der Waals surface area contributed by atoms with Crippen molar-refractivity contribution in [3.05, 3.63) is 76.9 Å². The zero-order valence-corrected chi connectivity index (χ0v) is 19.4. The summed E-state index contributed by atoms with van der Waals surface area (Å²) >= 11 is 0. The second-order valence-electron chi connectivity index (χ2n) is 9.29. The van der Waals surface area contributed by atoms with Crippen molar-refractivity contribution in [2.45, 2.75) is 39.3 Å². The average molecular weight is 442 g/mol. The molecule has 33 heavy (non-hydrogen) atoms. The number of ketones is 1. The van der Waals surface area contributed by atoms with E-state index in [0.717, 1.165) is 39.1 Å². The number of Topliss-reactive ketones (excluding diaryl/α,β-unsaturated/α-hetero) is 1. The third kappa shape index (κ3) is 3.35. The topological polar surface area (TPSA) is 67.8 Å². The number of nitrogens with one attached hydrogen (secondary N) is 1. The van der Waals surface area contributed by atoms with Gasteiger partial charge in [-0.15, -0.1) is 0 Å². The predicted molar refractivity (Wildman–Crippen MR) is 130 cm³/mol. The van der Waals surface area contributed by atoms with Gasteiger partial charge in [-0.05, 0) is 68.7 Å². The molecule has 1 atom stereocenters. The first kappa shape index (κ1) is 21.1. The molecule has 3 aromatic rings. The van der Waals surface area contributed by atoms with Crippen LogP contribution < -0.4 is 14.8 Å². The van der Waals surface area contributed by atoms with Gasteiger partial charge in [0.05, 0.1) is 18.2 Å². The Morgan fingerprint density at radius 1 is 1.12 bits per heavy atom. The Labute approximate surface area is 193 Å². The second-order valence-corrected chi connectivity index (χ2v) is 9.29. The summed E-state index contributed by atoms with van der Waals surface area (Å²) < 4.78 is 12.2. The number of aromatic hydroxyl groups is 1. The SMILES string of the molecule is COc1c(O)ccc2c1-c1ccc3c(c1C(c1cccc(C(C)=O)c1)O2)C(C)=CC(C)(C)N3. The Hall–Kier alpha value is -3.73. The fourth-order valence-corrected chi connectivity index (χ4v) is 5.09. The van der Waals surface area contributed by atoms with Crippen molar-refractivity contribution < 1.29 is 19.4 Å². The average Bonchev–Trinajstić information content (AvgIpc) is 2.77. The summed E-state index contributed by atoms with van der Waals surface area (Å²) in [4.78, 5) is 12.1. The summed E-state index contributed by atoms with van der Waals surface area (Å²) in [6.07, 6.45) is 1.79. The van der Waals surface area contributed by atoms with Crippen molar-refractivity contribution in [2.24, 2.45) is 0 Å². The number of ether oxygens (including phenoxy) is 2. The third-order valence-corrected chi connectivity index (χ3v) is 6.35. The number of allylic oxidation sites excluding steroid dienone is 1. The van der Waals surface area contributed by atoms with E-state index in [1.807, 2.05) is 24.3 Å². The van der Waals surface area contributed by atoms with Gasteiger partial charge in [0.25, 0.3) is 0 Å². The third-order valence-electron chi connectivity index (χ3n) is 6.35. The van der Waals surface area contributed by atoms with Crippen LogP contribution >= 0.6 is 0 Å². The molecule has 5 heteroatoms. The zero-order valence-electron chi connectivity index (χ0n) is 19.4. The standard InChI is InChI=1S/C28H27NO4/c1-15-14-28(3,4)29-20-10-9-19-24-22(12-11-21(31)27(24)32-5)33-26(25(19)23(15)20)18-8-6-7-17(13-18)16(2)30/h6-14,26,29,31H,1-5H3. The fourth-order valence-electron chi connectivity index (χ4n) is 5.09. The minimum atomic E-state index is -0.428. The van der Waals surface area contributed by atoms with Gasteiger partial charge < -0.3 is 19.9 Å². The summed E-state index contributed by atoms with van der Waals surface area (Å²) in [5, 5.41) is 14.1. The van der Waals surface area contributed by atoms with Crippen molar-refractivity contribution in [1.82, 2.24) is 0 Å². The van der Waals surface area contributed by atoms with Crippen molar-refractivity contribution in [3.63, 3.8) is 0 Å². The molecule has 2 heterocycles. The van der Waals surface area contributed by atoms with Crippen LogP contribution in [0.4, 0.5) is 5.69 Å². The molecule has 5 nitrogen and oxygen atoms in total. The molecule has 168 valence electrons. The van der Waals surface area contributed by atoms with Crippen LogP contribution in [0.25, 0.3) is 16.7 Å². The smallest absolute Gasteiger partial charge is 0.172 e. The van der Waals surface area contributed by atoms with Gasteiger partial charge >= 0.3 is 0 Å². The molecule has 5 rings (SSSR count). The number of anilines is 1. The first-order valence-corrected chi connectivity index (χ1v) is 11.0. The van der Waals surface area contributed by atoms with Crippen LogP contribution in [0.1, 0.15) is 60.8 Å². The number of rotatable bonds is 3. The van der Waals surface area contributed by atoms with E-state index in [4.69, 9.17) is 9.47 Å². The lowest BCUT2D eigenvalue weighted by molar-refractivity contribution is 0.101. The Bertz CT molecular complexity index is 1340. The van der Waals surface area contributed by atoms with E-state index in [9.17, 15) is 9.90 Å². The summed E-state index contributed by atoms with van der Waals surface area (Å²) in [5.41, 5.74) is 7.25. The van der Waals surface area contributed by atoms with Crippen LogP contribution in [0.5, 0.6) is 17.2 Å². The fraction of sp³-hybridized carbons (Fsp3) is 0.250. The number of hydrogen-bond donors (Lipinski definition) is 2. The molecule has 0 saturated heterocycles. The molecule has 0 saturated carbocycles. The van der Waals surface area contributed by atoms with Gasteiger partial charge in [0.2, 0.25) is 0 Å². The molecule has 2 N–H and O–H groups in total. The molecule has 0 amide bonds. The number of hydrogen-bond acceptors (Lipinski definition) is 5. The Kier molecular flexibility index (Phi) is 4.74. The molecule has 0 aromatic heterocycles. The number of carbonyl (C=O) groups excluding carboxylic acids is 1. The lowest BCUT2D eigenvalue weighted by Gasteiger charge is -2.37. The molecule has 0 aliphatic carbocycles. The minimum Gasteiger partial charge on any atom is -0.504 e. The van der Waals surface area contributed by atoms with Crippen LogP contribution in [0, 0.1) is 0 Å². The van der Waals surface area contributed by atoms with Crippen molar-refractivity contribution >= 4 is 17.0 Å². The van der Waals surface area contributed by atoms with E-state index in [1.54, 1.807) is 26.2 Å². The maximum absolute atomic E-state index is 12.1. The van der Waals surface area contributed by atoms with Crippen LogP contribution in [0.15, 0.2) is 54.6 Å². The molecule has 3 aromatic carbocycles. The number of phenols is 1. The highest BCUT2D eigenvalue weighted by Gasteiger charge is 2.36. The first-order chi connectivity index (χ1) is 15.7. The molecule has 0 radical (unpaired) electrons. The highest BCUT2D eigenvalue weighted by Crippen LogP contribution is 2.55. The molecule has 1 unspecified atom stereocenters. The molecule has 0 bridgehead atoms. The largest absolute Gasteiger partial charge is 0.504 e. The summed E-state index contributed by atoms with van der Waals surface area (Å²) in [6, 6.07) is 15.1. The molecule has 2 aliphatic heterocycles. The highest BCUT2D eigenvalue weighted by atomic mass is 16.5. The van der Waals surface area contributed by atoms with E-state index >= 15 is 0 Å². The van der Waals surface area contributed by atoms with Gasteiger partial charge in [-0.2, -0.15) is 0 Å². The minimum absolute atomic E-state index is 0.00876. The van der Waals surface area contributed by atoms with Gasteiger partial charge in [-0.1, -0.05) is 30.3 Å². The summed E-state index contributed by atoms with van der Waals surface area (Å²) in [5.74, 6) is 1.08. The quantitative estimate of drug-likeness (QED) is 0.463. The van der Waals surface area contributed by atoms with Gasteiger partial charge in [0, 0.05) is 22.4 Å². The van der Waals surface area contributed by atoms with E-state index in [-0.39, 0.29) is 17.1 Å². The van der Waals surface area contributed by atoms with Gasteiger partial charge in [-0.3, -0.25) is 4.79 Å². The van der Waals surface area contributed by atoms with Gasteiger partial charge in [0.1, 0.15) is 5.75 Å². The molecular formula is C28H27NO4. The molecule has 0 spiro atoms. The number of fused-ring (bicyclic) bond motifs is 5. The first-order valence-electron chi connectivity index (χ1n) is 11.0. The number of benzene rings is 3. The van der Waals surface area contributed by atoms with Gasteiger partial charge in [0.15, 0.2) is 23.4 Å². The van der Waals surface area contributed by atoms with E-state index in [0.29, 0.717) is 17.1 Å². The molecular weight excluding hydrogens is 414 g/mol. The monoisotopic (exact) mass is 441 g/mol. The van der Waals surface area contributed by atoms with Crippen molar-refractivity contribution in [2.75, 3.05) is 12.4 Å². The van der Waals surface area contributed by atoms with Crippen LogP contribution in [0.2, 0.25) is 0 Å². The lowest BCUT2D eigenvalue weighted by Crippen LogP contribution is -2.32. The van der Waals surface area contributed by atoms with E-state index < -0.39 is 6.10 Å². The van der Waals surface area contributed by atoms with Crippen LogP contribution in [0.3, 0.4) is 0 Å². The Morgan fingerprint density at radius 2 is 1.91 bits per heavy atom. The molecule has 0 fully saturated rings. The predicted octanol–water partition coefficient (Wildman–Crippen LogP) is 6.36. The maximum atomic E-state index is 12.1. The Morgan fingerprint density at radius 3 is 2.64 bits per heavy atom. The summed E-state index contributed by atoms with van der Waals surface area (Å²) in [7, 11) is 1.55. The number of methoxy groups -OCH3 is 1. The van der Waals surface area contributed by atoms with E-state index in [1.165, 1.54) is 0 Å². The highest BCUT2D eigenvalue weighted by molar-refractivity contribution is 5.95. The van der Waals surface area contributed by atoms with Crippen LogP contribution in [-0.2, 0) is 0 Å². The summed E-state index contributed by atoms with van der Waals surface area (Å²) in [6.45, 7) is 7.96.